The molecule has 2 aromatic carbocycles. The van der Waals surface area contributed by atoms with Gasteiger partial charge in [-0.1, -0.05) is 30.3 Å². The van der Waals surface area contributed by atoms with Crippen LogP contribution < -0.4 is 15.4 Å². The molecule has 28 heavy (non-hydrogen) atoms. The number of carbonyl (C=O) groups excluding carboxylic acids is 1. The predicted molar refractivity (Wildman–Crippen MR) is 113 cm³/mol. The lowest BCUT2D eigenvalue weighted by Crippen LogP contribution is -2.33. The number of nitrogens with one attached hydrogen (secondary N) is 2. The van der Waals surface area contributed by atoms with E-state index in [1.54, 1.807) is 0 Å². The van der Waals surface area contributed by atoms with Crippen molar-refractivity contribution < 1.29 is 9.53 Å². The summed E-state index contributed by atoms with van der Waals surface area (Å²) in [6, 6.07) is 14.9. The molecule has 4 nitrogen and oxygen atoms in total. The molecule has 0 bridgehead atoms. The van der Waals surface area contributed by atoms with Crippen LogP contribution in [0.1, 0.15) is 30.4 Å². The van der Waals surface area contributed by atoms with E-state index in [9.17, 15) is 4.79 Å². The number of ether oxygens (including phenoxy) is 1. The fourth-order valence-electron chi connectivity index (χ4n) is 4.69. The van der Waals surface area contributed by atoms with Gasteiger partial charge in [-0.15, -0.1) is 12.4 Å². The van der Waals surface area contributed by atoms with E-state index < -0.39 is 0 Å². The minimum Gasteiger partial charge on any atom is -0.493 e. The first-order chi connectivity index (χ1) is 13.2. The Morgan fingerprint density at radius 1 is 1.11 bits per heavy atom. The number of carbonyl (C=O) groups is 1. The van der Waals surface area contributed by atoms with E-state index in [1.807, 2.05) is 0 Å². The number of hydrogen-bond acceptors (Lipinski definition) is 3. The summed E-state index contributed by atoms with van der Waals surface area (Å²) in [5.74, 6) is 1.48. The normalized spacial score (nSPS) is 21.4. The quantitative estimate of drug-likeness (QED) is 0.825. The number of amides is 1. The van der Waals surface area contributed by atoms with Crippen molar-refractivity contribution >= 4 is 18.3 Å². The molecule has 2 aliphatic heterocycles. The molecule has 2 fully saturated rings. The molecule has 5 rings (SSSR count). The van der Waals surface area contributed by atoms with Gasteiger partial charge in [0.1, 0.15) is 5.75 Å². The van der Waals surface area contributed by atoms with Crippen molar-refractivity contribution in [3.05, 3.63) is 53.6 Å². The fourth-order valence-corrected chi connectivity index (χ4v) is 4.69. The zero-order valence-electron chi connectivity index (χ0n) is 16.0. The van der Waals surface area contributed by atoms with Crippen molar-refractivity contribution in [1.29, 1.82) is 0 Å². The van der Waals surface area contributed by atoms with E-state index in [4.69, 9.17) is 4.74 Å². The largest absolute Gasteiger partial charge is 0.493 e. The molecule has 5 heteroatoms. The number of halogens is 1. The molecule has 0 radical (unpaired) electrons. The van der Waals surface area contributed by atoms with Crippen LogP contribution in [0.3, 0.4) is 0 Å². The van der Waals surface area contributed by atoms with Gasteiger partial charge in [0.15, 0.2) is 0 Å². The second kappa shape index (κ2) is 7.76. The number of piperidine rings is 1. The summed E-state index contributed by atoms with van der Waals surface area (Å²) in [6.07, 6.45) is 4.35. The van der Waals surface area contributed by atoms with E-state index in [0.29, 0.717) is 12.0 Å². The van der Waals surface area contributed by atoms with Gasteiger partial charge in [-0.3, -0.25) is 4.79 Å². The zero-order chi connectivity index (χ0) is 18.3. The molecule has 1 atom stereocenters. The Morgan fingerprint density at radius 2 is 1.86 bits per heavy atom. The number of fused-ring (bicyclic) bond motifs is 1. The molecule has 1 spiro atoms. The van der Waals surface area contributed by atoms with Gasteiger partial charge in [-0.05, 0) is 72.2 Å². The van der Waals surface area contributed by atoms with E-state index in [1.165, 1.54) is 16.7 Å². The lowest BCUT2D eigenvalue weighted by atomic mass is 9.92. The maximum absolute atomic E-state index is 12.5. The maximum Gasteiger partial charge on any atom is 0.223 e. The van der Waals surface area contributed by atoms with Crippen molar-refractivity contribution in [1.82, 2.24) is 10.6 Å². The van der Waals surface area contributed by atoms with Gasteiger partial charge in [0, 0.05) is 18.9 Å². The standard InChI is InChI=1S/C23H26N2O2.ClH/c26-22(20-14-23(20)8-10-24-11-9-23)25-15-16-1-3-17(4-2-16)18-5-6-21-19(13-18)7-12-27-21;/h1-6,13,20,24H,7-12,14-15H2,(H,25,26);1H. The van der Waals surface area contributed by atoms with Gasteiger partial charge < -0.3 is 15.4 Å². The summed E-state index contributed by atoms with van der Waals surface area (Å²) in [7, 11) is 0. The van der Waals surface area contributed by atoms with Crippen LogP contribution in [-0.4, -0.2) is 25.6 Å². The molecule has 0 aromatic heterocycles. The summed E-state index contributed by atoms with van der Waals surface area (Å²) < 4.78 is 5.59. The highest BCUT2D eigenvalue weighted by Gasteiger charge is 2.57. The lowest BCUT2D eigenvalue weighted by Gasteiger charge is -2.23. The Labute approximate surface area is 172 Å². The van der Waals surface area contributed by atoms with Crippen LogP contribution in [0.25, 0.3) is 11.1 Å². The van der Waals surface area contributed by atoms with Gasteiger partial charge >= 0.3 is 0 Å². The molecule has 1 aliphatic carbocycles. The van der Waals surface area contributed by atoms with E-state index in [0.717, 1.165) is 56.7 Å². The van der Waals surface area contributed by atoms with Crippen molar-refractivity contribution in [2.45, 2.75) is 32.2 Å². The van der Waals surface area contributed by atoms with Gasteiger partial charge in [-0.2, -0.15) is 0 Å². The number of hydrogen-bond donors (Lipinski definition) is 2. The summed E-state index contributed by atoms with van der Waals surface area (Å²) in [5.41, 5.74) is 5.17. The SMILES string of the molecule is Cl.O=C(NCc1ccc(-c2ccc3c(c2)CCO3)cc1)C1CC12CCNCC2. The first kappa shape index (κ1) is 19.3. The zero-order valence-corrected chi connectivity index (χ0v) is 16.8. The average molecular weight is 399 g/mol. The topological polar surface area (TPSA) is 50.4 Å². The molecular formula is C23H27ClN2O2. The monoisotopic (exact) mass is 398 g/mol. The van der Waals surface area contributed by atoms with Crippen LogP contribution in [0.4, 0.5) is 0 Å². The molecule has 2 heterocycles. The first-order valence-corrected chi connectivity index (χ1v) is 10.1. The Hall–Kier alpha value is -2.04. The van der Waals surface area contributed by atoms with Crippen molar-refractivity contribution in [2.24, 2.45) is 11.3 Å². The smallest absolute Gasteiger partial charge is 0.223 e. The second-order valence-electron chi connectivity index (χ2n) is 8.20. The third-order valence-electron chi connectivity index (χ3n) is 6.55. The predicted octanol–water partition coefficient (Wildman–Crippen LogP) is 3.72. The summed E-state index contributed by atoms with van der Waals surface area (Å²) >= 11 is 0. The molecule has 1 saturated carbocycles. The van der Waals surface area contributed by atoms with Crippen LogP contribution in [0.2, 0.25) is 0 Å². The Morgan fingerprint density at radius 3 is 2.64 bits per heavy atom. The van der Waals surface area contributed by atoms with Gasteiger partial charge in [0.2, 0.25) is 5.91 Å². The second-order valence-corrected chi connectivity index (χ2v) is 8.20. The highest BCUT2D eigenvalue weighted by atomic mass is 35.5. The average Bonchev–Trinajstić information content (AvgIpc) is 3.19. The van der Waals surface area contributed by atoms with Gasteiger partial charge in [0.05, 0.1) is 6.61 Å². The fraction of sp³-hybridized carbons (Fsp3) is 0.435. The van der Waals surface area contributed by atoms with Crippen molar-refractivity contribution in [3.8, 4) is 16.9 Å². The molecule has 148 valence electrons. The Kier molecular flexibility index (Phi) is 5.35. The summed E-state index contributed by atoms with van der Waals surface area (Å²) in [6.45, 7) is 3.51. The van der Waals surface area contributed by atoms with Crippen molar-refractivity contribution in [2.75, 3.05) is 19.7 Å². The summed E-state index contributed by atoms with van der Waals surface area (Å²) in [5, 5.41) is 6.54. The van der Waals surface area contributed by atoms with E-state index in [-0.39, 0.29) is 24.2 Å². The molecular weight excluding hydrogens is 372 g/mol. The number of benzene rings is 2. The minimum absolute atomic E-state index is 0. The lowest BCUT2D eigenvalue weighted by molar-refractivity contribution is -0.123. The molecule has 1 unspecified atom stereocenters. The molecule has 2 aromatic rings. The molecule has 3 aliphatic rings. The number of rotatable bonds is 4. The van der Waals surface area contributed by atoms with Crippen LogP contribution in [-0.2, 0) is 17.8 Å². The van der Waals surface area contributed by atoms with Crippen molar-refractivity contribution in [3.63, 3.8) is 0 Å². The van der Waals surface area contributed by atoms with Gasteiger partial charge in [-0.25, -0.2) is 0 Å². The third-order valence-corrected chi connectivity index (χ3v) is 6.55. The molecule has 1 saturated heterocycles. The third kappa shape index (κ3) is 3.63. The van der Waals surface area contributed by atoms with Crippen LogP contribution in [0, 0.1) is 11.3 Å². The first-order valence-electron chi connectivity index (χ1n) is 10.1. The van der Waals surface area contributed by atoms with Crippen LogP contribution >= 0.6 is 12.4 Å². The van der Waals surface area contributed by atoms with E-state index in [2.05, 4.69) is 53.1 Å². The minimum atomic E-state index is 0. The van der Waals surface area contributed by atoms with Crippen LogP contribution in [0.5, 0.6) is 5.75 Å². The molecule has 2 N–H and O–H groups in total. The Balaban J connectivity index is 0.00000192. The highest BCUT2D eigenvalue weighted by Crippen LogP contribution is 2.58. The van der Waals surface area contributed by atoms with Gasteiger partial charge in [0.25, 0.3) is 0 Å². The summed E-state index contributed by atoms with van der Waals surface area (Å²) in [4.78, 5) is 12.5. The van der Waals surface area contributed by atoms with E-state index >= 15 is 0 Å². The van der Waals surface area contributed by atoms with Crippen LogP contribution in [0.15, 0.2) is 42.5 Å². The Bertz CT molecular complexity index is 859. The highest BCUT2D eigenvalue weighted by molar-refractivity contribution is 5.85. The molecule has 1 amide bonds. The maximum atomic E-state index is 12.5.